The molecule has 0 spiro atoms. The summed E-state index contributed by atoms with van der Waals surface area (Å²) in [5, 5.41) is 13.7. The Morgan fingerprint density at radius 3 is 2.35 bits per heavy atom. The number of carbonyl (C=O) groups is 2. The number of aromatic nitrogens is 3. The minimum absolute atomic E-state index is 0.239. The second-order valence-corrected chi connectivity index (χ2v) is 7.49. The van der Waals surface area contributed by atoms with Crippen LogP contribution in [-0.2, 0) is 13.0 Å². The molecule has 162 valence electrons. The predicted molar refractivity (Wildman–Crippen MR) is 119 cm³/mol. The van der Waals surface area contributed by atoms with Gasteiger partial charge in [0.05, 0.1) is 12.1 Å². The third kappa shape index (κ3) is 4.99. The van der Waals surface area contributed by atoms with Crippen LogP contribution < -0.4 is 5.69 Å². The molecule has 1 heterocycles. The molecule has 1 aromatic heterocycles. The highest BCUT2D eigenvalue weighted by Crippen LogP contribution is 2.24. The molecule has 0 radical (unpaired) electrons. The van der Waals surface area contributed by atoms with E-state index < -0.39 is 11.7 Å². The van der Waals surface area contributed by atoms with Gasteiger partial charge < -0.3 is 5.11 Å². The summed E-state index contributed by atoms with van der Waals surface area (Å²) in [4.78, 5) is 36.7. The van der Waals surface area contributed by atoms with Crippen LogP contribution in [0.15, 0.2) is 53.3 Å². The van der Waals surface area contributed by atoms with Crippen LogP contribution in [0.2, 0.25) is 0 Å². The highest BCUT2D eigenvalue weighted by atomic mass is 16.4. The summed E-state index contributed by atoms with van der Waals surface area (Å²) < 4.78 is 2.55. The van der Waals surface area contributed by atoms with E-state index in [-0.39, 0.29) is 11.5 Å². The fourth-order valence-corrected chi connectivity index (χ4v) is 3.49. The number of hydrogen-bond acceptors (Lipinski definition) is 4. The van der Waals surface area contributed by atoms with Gasteiger partial charge in [0, 0.05) is 12.8 Å². The van der Waals surface area contributed by atoms with E-state index in [9.17, 15) is 19.5 Å². The van der Waals surface area contributed by atoms with Crippen LogP contribution in [0.4, 0.5) is 0 Å². The summed E-state index contributed by atoms with van der Waals surface area (Å²) in [6.45, 7) is 4.30. The summed E-state index contributed by atoms with van der Waals surface area (Å²) >= 11 is 0. The molecule has 3 aromatic rings. The Morgan fingerprint density at radius 1 is 1.00 bits per heavy atom. The number of aromatic carboxylic acids is 1. The Morgan fingerprint density at radius 2 is 1.71 bits per heavy atom. The van der Waals surface area contributed by atoms with E-state index in [1.165, 1.54) is 0 Å². The first-order valence-corrected chi connectivity index (χ1v) is 10.6. The van der Waals surface area contributed by atoms with Gasteiger partial charge in [0.2, 0.25) is 0 Å². The van der Waals surface area contributed by atoms with Gasteiger partial charge in [0.15, 0.2) is 0 Å². The van der Waals surface area contributed by atoms with Crippen LogP contribution >= 0.6 is 0 Å². The maximum absolute atomic E-state index is 12.9. The fraction of sp³-hybridized carbons (Fsp3) is 0.333. The average molecular weight is 421 g/mol. The molecular weight excluding hydrogens is 394 g/mol. The normalized spacial score (nSPS) is 10.9. The molecule has 0 aliphatic rings. The second kappa shape index (κ2) is 10.0. The van der Waals surface area contributed by atoms with Gasteiger partial charge in [-0.05, 0) is 35.6 Å². The van der Waals surface area contributed by atoms with E-state index in [0.29, 0.717) is 30.8 Å². The SMILES string of the molecule is CCCCC(=O)n1nc(CCC)n(Cc2ccc(-c3ccccc3C(=O)O)cc2)c1=O. The molecule has 7 nitrogen and oxygen atoms in total. The zero-order chi connectivity index (χ0) is 22.4. The minimum atomic E-state index is -0.976. The van der Waals surface area contributed by atoms with E-state index >= 15 is 0 Å². The third-order valence-electron chi connectivity index (χ3n) is 5.16. The lowest BCUT2D eigenvalue weighted by Gasteiger charge is -2.09. The zero-order valence-corrected chi connectivity index (χ0v) is 17.9. The largest absolute Gasteiger partial charge is 0.478 e. The number of hydrogen-bond donors (Lipinski definition) is 1. The van der Waals surface area contributed by atoms with Crippen LogP contribution in [-0.4, -0.2) is 31.3 Å². The van der Waals surface area contributed by atoms with Crippen molar-refractivity contribution >= 4 is 11.9 Å². The molecular formula is C24H27N3O4. The number of aryl methyl sites for hydroxylation is 1. The molecule has 0 bridgehead atoms. The van der Waals surface area contributed by atoms with Gasteiger partial charge in [-0.15, -0.1) is 9.78 Å². The molecule has 7 heteroatoms. The average Bonchev–Trinajstić information content (AvgIpc) is 3.08. The van der Waals surface area contributed by atoms with Crippen molar-refractivity contribution in [1.82, 2.24) is 14.3 Å². The highest BCUT2D eigenvalue weighted by Gasteiger charge is 2.18. The Kier molecular flexibility index (Phi) is 7.18. The molecule has 31 heavy (non-hydrogen) atoms. The van der Waals surface area contributed by atoms with Gasteiger partial charge in [0.1, 0.15) is 5.82 Å². The first-order chi connectivity index (χ1) is 15.0. The lowest BCUT2D eigenvalue weighted by Crippen LogP contribution is -2.30. The molecule has 0 fully saturated rings. The molecule has 0 atom stereocenters. The van der Waals surface area contributed by atoms with E-state index in [1.54, 1.807) is 28.8 Å². The Labute approximate surface area is 181 Å². The predicted octanol–water partition coefficient (Wildman–Crippen LogP) is 4.24. The number of unbranched alkanes of at least 4 members (excludes halogenated alkanes) is 1. The second-order valence-electron chi connectivity index (χ2n) is 7.49. The van der Waals surface area contributed by atoms with Gasteiger partial charge >= 0.3 is 11.7 Å². The Balaban J connectivity index is 1.89. The maximum Gasteiger partial charge on any atom is 0.353 e. The van der Waals surface area contributed by atoms with Gasteiger partial charge in [-0.25, -0.2) is 9.59 Å². The molecule has 0 aliphatic heterocycles. The van der Waals surface area contributed by atoms with Gasteiger partial charge in [-0.3, -0.25) is 9.36 Å². The summed E-state index contributed by atoms with van der Waals surface area (Å²) in [6.07, 6.45) is 3.31. The minimum Gasteiger partial charge on any atom is -0.478 e. The molecule has 2 aromatic carbocycles. The van der Waals surface area contributed by atoms with Crippen molar-refractivity contribution < 1.29 is 14.7 Å². The Hall–Kier alpha value is -3.48. The molecule has 0 saturated carbocycles. The quantitative estimate of drug-likeness (QED) is 0.558. The van der Waals surface area contributed by atoms with Crippen LogP contribution in [0.25, 0.3) is 11.1 Å². The van der Waals surface area contributed by atoms with Crippen molar-refractivity contribution in [3.8, 4) is 11.1 Å². The van der Waals surface area contributed by atoms with Crippen LogP contribution in [0.5, 0.6) is 0 Å². The summed E-state index contributed by atoms with van der Waals surface area (Å²) in [5.74, 6) is -0.656. The third-order valence-corrected chi connectivity index (χ3v) is 5.16. The zero-order valence-electron chi connectivity index (χ0n) is 17.9. The van der Waals surface area contributed by atoms with Crippen molar-refractivity contribution in [2.45, 2.75) is 52.5 Å². The standard InChI is InChI=1S/C24H27N3O4/c1-3-5-11-22(28)27-24(31)26(21(25-27)8-4-2)16-17-12-14-18(15-13-17)19-9-6-7-10-20(19)23(29)30/h6-7,9-10,12-15H,3-5,8,11,16H2,1-2H3,(H,29,30). The Bertz CT molecular complexity index is 1130. The topological polar surface area (TPSA) is 94.2 Å². The van der Waals surface area contributed by atoms with Crippen molar-refractivity contribution in [1.29, 1.82) is 0 Å². The van der Waals surface area contributed by atoms with Crippen LogP contribution in [0.3, 0.4) is 0 Å². The van der Waals surface area contributed by atoms with Crippen LogP contribution in [0, 0.1) is 0 Å². The van der Waals surface area contributed by atoms with Crippen LogP contribution in [0.1, 0.15) is 66.1 Å². The van der Waals surface area contributed by atoms with E-state index in [4.69, 9.17) is 0 Å². The number of rotatable bonds is 9. The first kappa shape index (κ1) is 22.2. The van der Waals surface area contributed by atoms with E-state index in [0.717, 1.165) is 35.1 Å². The number of carbonyl (C=O) groups excluding carboxylic acids is 1. The van der Waals surface area contributed by atoms with Crippen molar-refractivity contribution in [2.24, 2.45) is 0 Å². The monoisotopic (exact) mass is 421 g/mol. The molecule has 0 saturated heterocycles. The number of nitrogens with zero attached hydrogens (tertiary/aromatic N) is 3. The number of carboxylic acid groups (broad SMARTS) is 1. The molecule has 1 N–H and O–H groups in total. The van der Waals surface area contributed by atoms with Gasteiger partial charge in [-0.1, -0.05) is 62.7 Å². The molecule has 0 unspecified atom stereocenters. The number of carboxylic acids is 1. The van der Waals surface area contributed by atoms with Crippen molar-refractivity contribution in [2.75, 3.05) is 0 Å². The lowest BCUT2D eigenvalue weighted by molar-refractivity contribution is 0.0697. The summed E-state index contributed by atoms with van der Waals surface area (Å²) in [6, 6.07) is 14.3. The van der Waals surface area contributed by atoms with Gasteiger partial charge in [0.25, 0.3) is 5.91 Å². The first-order valence-electron chi connectivity index (χ1n) is 10.6. The molecule has 0 amide bonds. The van der Waals surface area contributed by atoms with Crippen molar-refractivity contribution in [3.63, 3.8) is 0 Å². The smallest absolute Gasteiger partial charge is 0.353 e. The van der Waals surface area contributed by atoms with E-state index in [2.05, 4.69) is 5.10 Å². The maximum atomic E-state index is 12.9. The van der Waals surface area contributed by atoms with Crippen molar-refractivity contribution in [3.05, 3.63) is 76.0 Å². The molecule has 0 aliphatic carbocycles. The lowest BCUT2D eigenvalue weighted by atomic mass is 9.99. The number of benzene rings is 2. The fourth-order valence-electron chi connectivity index (χ4n) is 3.49. The highest BCUT2D eigenvalue weighted by molar-refractivity contribution is 5.96. The van der Waals surface area contributed by atoms with E-state index in [1.807, 2.05) is 38.1 Å². The molecule has 3 rings (SSSR count). The summed E-state index contributed by atoms with van der Waals surface area (Å²) in [7, 11) is 0. The van der Waals surface area contributed by atoms with Gasteiger partial charge in [-0.2, -0.15) is 0 Å². The summed E-state index contributed by atoms with van der Waals surface area (Å²) in [5.41, 5.74) is 2.12.